The molecule has 0 aromatic heterocycles. The summed E-state index contributed by atoms with van der Waals surface area (Å²) in [5.74, 6) is -0.485. The fourth-order valence-corrected chi connectivity index (χ4v) is 5.42. The lowest BCUT2D eigenvalue weighted by atomic mass is 10.3. The van der Waals surface area contributed by atoms with Gasteiger partial charge in [-0.05, 0) is 86.5 Å². The lowest BCUT2D eigenvalue weighted by molar-refractivity contribution is -0.142. The van der Waals surface area contributed by atoms with Gasteiger partial charge in [-0.25, -0.2) is 0 Å². The molecule has 0 aliphatic carbocycles. The third-order valence-corrected chi connectivity index (χ3v) is 4.99. The molecule has 0 saturated carbocycles. The number of amides is 1. The van der Waals surface area contributed by atoms with Gasteiger partial charge in [-0.2, -0.15) is 0 Å². The van der Waals surface area contributed by atoms with Gasteiger partial charge >= 0.3 is 5.97 Å². The minimum absolute atomic E-state index is 0.112. The molecule has 1 aromatic rings. The average Bonchev–Trinajstić information content (AvgIpc) is 2.41. The van der Waals surface area contributed by atoms with Gasteiger partial charge in [0.1, 0.15) is 0 Å². The number of carbonyl (C=O) groups excluding carboxylic acids is 2. The van der Waals surface area contributed by atoms with E-state index in [-0.39, 0.29) is 25.0 Å². The van der Waals surface area contributed by atoms with Crippen LogP contribution in [-0.4, -0.2) is 43.5 Å². The van der Waals surface area contributed by atoms with E-state index < -0.39 is 0 Å². The average molecular weight is 628 g/mol. The first-order valence-electron chi connectivity index (χ1n) is 6.11. The van der Waals surface area contributed by atoms with Crippen molar-refractivity contribution in [1.82, 2.24) is 4.90 Å². The van der Waals surface area contributed by atoms with Gasteiger partial charge in [0.05, 0.1) is 25.9 Å². The largest absolute Gasteiger partial charge is 0.468 e. The maximum Gasteiger partial charge on any atom is 0.319 e. The molecule has 1 rings (SSSR count). The number of esters is 1. The molecule has 0 unspecified atom stereocenters. The molecule has 21 heavy (non-hydrogen) atoms. The van der Waals surface area contributed by atoms with E-state index in [2.05, 4.69) is 77.8 Å². The molecule has 1 amide bonds. The van der Waals surface area contributed by atoms with Gasteiger partial charge in [0.2, 0.25) is 5.91 Å². The van der Waals surface area contributed by atoms with E-state index in [1.807, 2.05) is 19.1 Å². The Kier molecular flexibility index (Phi) is 8.71. The molecule has 116 valence electrons. The van der Waals surface area contributed by atoms with Gasteiger partial charge in [-0.3, -0.25) is 14.5 Å². The summed E-state index contributed by atoms with van der Waals surface area (Å²) in [6, 6.07) is 4.01. The van der Waals surface area contributed by atoms with Crippen LogP contribution in [0.4, 0.5) is 5.69 Å². The second kappa shape index (κ2) is 9.45. The molecule has 5 nitrogen and oxygen atoms in total. The summed E-state index contributed by atoms with van der Waals surface area (Å²) in [7, 11) is 1.34. The van der Waals surface area contributed by atoms with Crippen molar-refractivity contribution >= 4 is 85.3 Å². The highest BCUT2D eigenvalue weighted by Crippen LogP contribution is 2.27. The number of halogens is 3. The van der Waals surface area contributed by atoms with Gasteiger partial charge in [0, 0.05) is 10.7 Å². The van der Waals surface area contributed by atoms with Crippen LogP contribution in [0.3, 0.4) is 0 Å². The van der Waals surface area contributed by atoms with Crippen LogP contribution in [0.15, 0.2) is 12.1 Å². The van der Waals surface area contributed by atoms with Crippen molar-refractivity contribution in [3.8, 4) is 0 Å². The topological polar surface area (TPSA) is 58.6 Å². The highest BCUT2D eigenvalue weighted by Gasteiger charge is 2.15. The number of hydrogen-bond donors (Lipinski definition) is 1. The Labute approximate surface area is 165 Å². The second-order valence-corrected chi connectivity index (χ2v) is 7.74. The van der Waals surface area contributed by atoms with Crippen molar-refractivity contribution in [2.45, 2.75) is 6.92 Å². The Bertz CT molecular complexity index is 514. The molecule has 1 aromatic carbocycles. The van der Waals surface area contributed by atoms with Crippen molar-refractivity contribution in [3.63, 3.8) is 0 Å². The molecule has 0 fully saturated rings. The highest BCUT2D eigenvalue weighted by molar-refractivity contribution is 14.1. The number of methoxy groups -OCH3 is 1. The zero-order chi connectivity index (χ0) is 16.0. The van der Waals surface area contributed by atoms with E-state index >= 15 is 0 Å². The Morgan fingerprint density at radius 3 is 2.24 bits per heavy atom. The number of likely N-dealkylation sites (N-methyl/N-ethyl adjacent to an activating group) is 1. The highest BCUT2D eigenvalue weighted by atomic mass is 127. The van der Waals surface area contributed by atoms with Gasteiger partial charge in [0.25, 0.3) is 0 Å². The van der Waals surface area contributed by atoms with Crippen LogP contribution < -0.4 is 5.32 Å². The third-order valence-electron chi connectivity index (χ3n) is 2.67. The third kappa shape index (κ3) is 6.52. The molecule has 0 radical (unpaired) electrons. The van der Waals surface area contributed by atoms with Gasteiger partial charge in [-0.15, -0.1) is 0 Å². The van der Waals surface area contributed by atoms with Crippen LogP contribution in [0.25, 0.3) is 0 Å². The molecule has 0 heterocycles. The summed E-state index contributed by atoms with van der Waals surface area (Å²) in [6.45, 7) is 2.77. The molecule has 0 saturated heterocycles. The van der Waals surface area contributed by atoms with Crippen LogP contribution in [0, 0.1) is 10.7 Å². The molecule has 0 aliphatic rings. The van der Waals surface area contributed by atoms with Crippen molar-refractivity contribution < 1.29 is 14.3 Å². The van der Waals surface area contributed by atoms with E-state index in [4.69, 9.17) is 0 Å². The second-order valence-electron chi connectivity index (χ2n) is 4.17. The molecular weight excluding hydrogens is 613 g/mol. The smallest absolute Gasteiger partial charge is 0.319 e. The first-order valence-corrected chi connectivity index (χ1v) is 9.34. The van der Waals surface area contributed by atoms with E-state index in [9.17, 15) is 9.59 Å². The number of anilines is 1. The Morgan fingerprint density at radius 1 is 1.19 bits per heavy atom. The Hall–Kier alpha value is 0.310. The van der Waals surface area contributed by atoms with Crippen molar-refractivity contribution in [1.29, 1.82) is 0 Å². The van der Waals surface area contributed by atoms with E-state index in [1.165, 1.54) is 7.11 Å². The zero-order valence-electron chi connectivity index (χ0n) is 11.6. The number of ether oxygens (including phenoxy) is 1. The summed E-state index contributed by atoms with van der Waals surface area (Å²) >= 11 is 6.65. The van der Waals surface area contributed by atoms with E-state index in [1.54, 1.807) is 4.90 Å². The number of hydrogen-bond acceptors (Lipinski definition) is 4. The molecule has 8 heteroatoms. The van der Waals surface area contributed by atoms with Crippen molar-refractivity contribution in [2.75, 3.05) is 32.1 Å². The van der Waals surface area contributed by atoms with Crippen LogP contribution in [0.2, 0.25) is 0 Å². The van der Waals surface area contributed by atoms with Gasteiger partial charge in [-0.1, -0.05) is 6.92 Å². The van der Waals surface area contributed by atoms with Crippen molar-refractivity contribution in [3.05, 3.63) is 22.8 Å². The quantitative estimate of drug-likeness (QED) is 0.390. The van der Waals surface area contributed by atoms with Gasteiger partial charge < -0.3 is 10.1 Å². The van der Waals surface area contributed by atoms with Crippen LogP contribution in [0.1, 0.15) is 6.92 Å². The Balaban J connectivity index is 2.71. The molecule has 0 bridgehead atoms. The summed E-state index contributed by atoms with van der Waals surface area (Å²) in [5.41, 5.74) is 0.815. The molecular formula is C13H15I3N2O3. The maximum absolute atomic E-state index is 12.1. The normalized spacial score (nSPS) is 10.6. The first kappa shape index (κ1) is 19.4. The number of nitrogens with one attached hydrogen (secondary N) is 1. The SMILES string of the molecule is CCN(CC(=O)Nc1c(I)cc(I)cc1I)CC(=O)OC. The predicted molar refractivity (Wildman–Crippen MR) is 107 cm³/mol. The first-order chi connectivity index (χ1) is 9.87. The molecule has 0 aliphatic heterocycles. The van der Waals surface area contributed by atoms with Crippen LogP contribution in [0.5, 0.6) is 0 Å². The molecule has 0 spiro atoms. The molecule has 1 N–H and O–H groups in total. The maximum atomic E-state index is 12.1. The number of benzene rings is 1. The Morgan fingerprint density at radius 2 is 1.76 bits per heavy atom. The van der Waals surface area contributed by atoms with E-state index in [0.717, 1.165) is 16.4 Å². The fourth-order valence-electron chi connectivity index (χ4n) is 1.57. The number of carbonyl (C=O) groups is 2. The molecule has 0 atom stereocenters. The summed E-state index contributed by atoms with van der Waals surface area (Å²) < 4.78 is 7.73. The number of rotatable bonds is 6. The lowest BCUT2D eigenvalue weighted by Gasteiger charge is -2.19. The minimum Gasteiger partial charge on any atom is -0.468 e. The minimum atomic E-state index is -0.344. The number of nitrogens with zero attached hydrogens (tertiary/aromatic N) is 1. The predicted octanol–water partition coefficient (Wildman–Crippen LogP) is 2.93. The van der Waals surface area contributed by atoms with Gasteiger partial charge in [0.15, 0.2) is 0 Å². The zero-order valence-corrected chi connectivity index (χ0v) is 18.1. The fraction of sp³-hybridized carbons (Fsp3) is 0.385. The summed E-state index contributed by atoms with van der Waals surface area (Å²) in [5, 5.41) is 2.91. The summed E-state index contributed by atoms with van der Waals surface area (Å²) in [4.78, 5) is 25.1. The van der Waals surface area contributed by atoms with E-state index in [0.29, 0.717) is 6.54 Å². The van der Waals surface area contributed by atoms with Crippen LogP contribution >= 0.6 is 67.8 Å². The van der Waals surface area contributed by atoms with Crippen LogP contribution in [-0.2, 0) is 14.3 Å². The standard InChI is InChI=1S/C13H15I3N2O3/c1-3-18(7-12(20)21-2)6-11(19)17-13-9(15)4-8(14)5-10(13)16/h4-5H,3,6-7H2,1-2H3,(H,17,19). The lowest BCUT2D eigenvalue weighted by Crippen LogP contribution is -2.37. The summed E-state index contributed by atoms with van der Waals surface area (Å²) in [6.07, 6.45) is 0. The monoisotopic (exact) mass is 628 g/mol. The van der Waals surface area contributed by atoms with Crippen molar-refractivity contribution in [2.24, 2.45) is 0 Å².